The second-order valence-electron chi connectivity index (χ2n) is 12.0. The molecule has 2 aromatic carbocycles. The Morgan fingerprint density at radius 3 is 2.42 bits per heavy atom. The lowest BCUT2D eigenvalue weighted by Gasteiger charge is -2.32. The maximum atomic E-state index is 13.5. The first kappa shape index (κ1) is 35.0. The van der Waals surface area contributed by atoms with Crippen LogP contribution in [0.5, 0.6) is 5.75 Å². The SMILES string of the molecule is C[C@H](Oc1cc(-c2nn(C)c3c(-c4cnn(C5CCN(CC(F)(F)F)CC5)c4)cnc(N)c23)ccc1NS(=O)(=O)C(F)F)c1ccc(F)cc1. The highest BCUT2D eigenvalue weighted by molar-refractivity contribution is 7.93. The van der Waals surface area contributed by atoms with Crippen molar-refractivity contribution in [3.05, 3.63) is 72.4 Å². The number of hydrogen-bond acceptors (Lipinski definition) is 8. The van der Waals surface area contributed by atoms with E-state index in [1.807, 2.05) is 4.72 Å². The summed E-state index contributed by atoms with van der Waals surface area (Å²) >= 11 is 0. The molecule has 0 bridgehead atoms. The van der Waals surface area contributed by atoms with Crippen LogP contribution >= 0.6 is 0 Å². The highest BCUT2D eigenvalue weighted by atomic mass is 32.2. The van der Waals surface area contributed by atoms with Crippen LogP contribution in [0, 0.1) is 5.82 Å². The number of nitrogen functional groups attached to an aromatic ring is 1. The molecular weight excluding hydrogens is 690 g/mol. The van der Waals surface area contributed by atoms with Gasteiger partial charge in [0, 0.05) is 49.2 Å². The number of likely N-dealkylation sites (tertiary alicyclic amines) is 1. The third kappa shape index (κ3) is 7.35. The summed E-state index contributed by atoms with van der Waals surface area (Å²) in [5, 5.41) is 9.62. The Morgan fingerprint density at radius 1 is 1.06 bits per heavy atom. The Morgan fingerprint density at radius 2 is 1.76 bits per heavy atom. The van der Waals surface area contributed by atoms with Crippen molar-refractivity contribution in [3.63, 3.8) is 0 Å². The molecule has 50 heavy (non-hydrogen) atoms. The molecule has 0 spiro atoms. The molecule has 0 unspecified atom stereocenters. The van der Waals surface area contributed by atoms with Crippen molar-refractivity contribution in [1.29, 1.82) is 0 Å². The third-order valence-electron chi connectivity index (χ3n) is 8.52. The summed E-state index contributed by atoms with van der Waals surface area (Å²) in [6.07, 6.45) is 0.980. The lowest BCUT2D eigenvalue weighted by molar-refractivity contribution is -0.148. The summed E-state index contributed by atoms with van der Waals surface area (Å²) in [4.78, 5) is 5.77. The second kappa shape index (κ2) is 13.5. The van der Waals surface area contributed by atoms with Gasteiger partial charge in [0.25, 0.3) is 10.0 Å². The van der Waals surface area contributed by atoms with Crippen molar-refractivity contribution in [2.24, 2.45) is 7.05 Å². The molecule has 1 atom stereocenters. The summed E-state index contributed by atoms with van der Waals surface area (Å²) in [6, 6.07) is 9.48. The van der Waals surface area contributed by atoms with E-state index in [4.69, 9.17) is 10.5 Å². The van der Waals surface area contributed by atoms with Crippen molar-refractivity contribution in [2.45, 2.75) is 43.8 Å². The Hall–Kier alpha value is -4.84. The Kier molecular flexibility index (Phi) is 9.43. The monoisotopic (exact) mass is 722 g/mol. The molecule has 1 fully saturated rings. The van der Waals surface area contributed by atoms with E-state index in [1.165, 1.54) is 47.4 Å². The number of rotatable bonds is 10. The van der Waals surface area contributed by atoms with E-state index < -0.39 is 40.4 Å². The molecule has 0 amide bonds. The number of piperidine rings is 1. The maximum Gasteiger partial charge on any atom is 0.401 e. The Labute approximate surface area is 282 Å². The molecule has 266 valence electrons. The zero-order chi connectivity index (χ0) is 36.0. The van der Waals surface area contributed by atoms with Gasteiger partial charge in [0.2, 0.25) is 0 Å². The van der Waals surface area contributed by atoms with Gasteiger partial charge in [0.1, 0.15) is 29.2 Å². The van der Waals surface area contributed by atoms with Crippen LogP contribution in [0.15, 0.2) is 61.1 Å². The van der Waals surface area contributed by atoms with Crippen LogP contribution in [-0.4, -0.2) is 69.4 Å². The number of aryl methyl sites for hydroxylation is 1. The van der Waals surface area contributed by atoms with Crippen LogP contribution in [0.2, 0.25) is 0 Å². The summed E-state index contributed by atoms with van der Waals surface area (Å²) in [5.41, 5.74) is 9.26. The molecule has 1 saturated heterocycles. The van der Waals surface area contributed by atoms with Crippen molar-refractivity contribution >= 4 is 32.4 Å². The van der Waals surface area contributed by atoms with E-state index in [0.29, 0.717) is 51.7 Å². The van der Waals surface area contributed by atoms with E-state index in [9.17, 15) is 34.8 Å². The van der Waals surface area contributed by atoms with Gasteiger partial charge in [-0.15, -0.1) is 0 Å². The highest BCUT2D eigenvalue weighted by Crippen LogP contribution is 2.40. The van der Waals surface area contributed by atoms with Crippen LogP contribution in [0.4, 0.5) is 37.8 Å². The minimum Gasteiger partial charge on any atom is -0.484 e. The number of ether oxygens (including phenoxy) is 1. The van der Waals surface area contributed by atoms with Crippen LogP contribution in [0.3, 0.4) is 0 Å². The Balaban J connectivity index is 1.35. The highest BCUT2D eigenvalue weighted by Gasteiger charge is 2.33. The van der Waals surface area contributed by atoms with Gasteiger partial charge in [-0.3, -0.25) is 19.0 Å². The number of aromatic nitrogens is 5. The van der Waals surface area contributed by atoms with Crippen LogP contribution < -0.4 is 15.2 Å². The average molecular weight is 723 g/mol. The van der Waals surface area contributed by atoms with Crippen LogP contribution in [0.25, 0.3) is 33.3 Å². The smallest absolute Gasteiger partial charge is 0.401 e. The fraction of sp³-hybridized carbons (Fsp3) is 0.344. The zero-order valence-electron chi connectivity index (χ0n) is 26.7. The second-order valence-corrected chi connectivity index (χ2v) is 13.7. The van der Waals surface area contributed by atoms with E-state index in [0.717, 1.165) is 0 Å². The molecule has 5 aromatic rings. The average Bonchev–Trinajstić information content (AvgIpc) is 3.68. The topological polar surface area (TPSA) is 133 Å². The molecule has 1 aliphatic rings. The van der Waals surface area contributed by atoms with E-state index in [-0.39, 0.29) is 36.4 Å². The van der Waals surface area contributed by atoms with Gasteiger partial charge in [0.15, 0.2) is 0 Å². The normalized spacial score (nSPS) is 15.5. The van der Waals surface area contributed by atoms with E-state index in [1.54, 1.807) is 41.9 Å². The summed E-state index contributed by atoms with van der Waals surface area (Å²) in [5.74, 6) is -4.16. The predicted molar refractivity (Wildman–Crippen MR) is 174 cm³/mol. The molecule has 4 heterocycles. The number of nitrogens with one attached hydrogen (secondary N) is 1. The summed E-state index contributed by atoms with van der Waals surface area (Å²) in [6.45, 7) is 1.25. The number of nitrogens with zero attached hydrogens (tertiary/aromatic N) is 6. The van der Waals surface area contributed by atoms with E-state index in [2.05, 4.69) is 15.2 Å². The van der Waals surface area contributed by atoms with Gasteiger partial charge in [-0.2, -0.15) is 32.1 Å². The standard InChI is InChI=1S/C32H32F6N8O3S/c1-18(19-3-6-22(33)7-4-19)49-26-13-20(5-8-25(26)43-50(47,48)31(34)35)28-27-29(44(2)42-28)24(15-40-30(27)39)21-14-41-46(16-21)23-9-11-45(12-10-23)17-32(36,37)38/h3-8,13-16,18,23,31,43H,9-12,17H2,1-2H3,(H2,39,40)/t18-/m0/s1. The van der Waals surface area contributed by atoms with Gasteiger partial charge >= 0.3 is 11.9 Å². The Bertz CT molecular complexity index is 2110. The maximum absolute atomic E-state index is 13.5. The number of benzene rings is 2. The first-order chi connectivity index (χ1) is 23.6. The number of pyridine rings is 1. The molecule has 0 radical (unpaired) electrons. The number of anilines is 2. The first-order valence-electron chi connectivity index (χ1n) is 15.4. The fourth-order valence-electron chi connectivity index (χ4n) is 6.06. The summed E-state index contributed by atoms with van der Waals surface area (Å²) in [7, 11) is -3.38. The minimum absolute atomic E-state index is 0.0932. The lowest BCUT2D eigenvalue weighted by Crippen LogP contribution is -2.40. The molecule has 3 aromatic heterocycles. The molecule has 0 saturated carbocycles. The molecular formula is C32H32F6N8O3S. The number of halogens is 6. The van der Waals surface area contributed by atoms with Crippen molar-refractivity contribution in [2.75, 3.05) is 30.1 Å². The minimum atomic E-state index is -5.07. The number of sulfonamides is 1. The molecule has 0 aliphatic carbocycles. The van der Waals surface area contributed by atoms with Gasteiger partial charge in [0.05, 0.1) is 35.4 Å². The van der Waals surface area contributed by atoms with Gasteiger partial charge in [-0.25, -0.2) is 17.8 Å². The van der Waals surface area contributed by atoms with Crippen molar-refractivity contribution in [1.82, 2.24) is 29.4 Å². The molecule has 3 N–H and O–H groups in total. The molecule has 11 nitrogen and oxygen atoms in total. The number of hydrogen-bond donors (Lipinski definition) is 2. The van der Waals surface area contributed by atoms with E-state index >= 15 is 0 Å². The largest absolute Gasteiger partial charge is 0.484 e. The van der Waals surface area contributed by atoms with Gasteiger partial charge < -0.3 is 10.5 Å². The van der Waals surface area contributed by atoms with Gasteiger partial charge in [-0.1, -0.05) is 18.2 Å². The number of nitrogens with two attached hydrogens (primary N) is 1. The third-order valence-corrected chi connectivity index (χ3v) is 9.50. The number of fused-ring (bicyclic) bond motifs is 1. The van der Waals surface area contributed by atoms with Crippen LogP contribution in [-0.2, 0) is 17.1 Å². The lowest BCUT2D eigenvalue weighted by atomic mass is 10.0. The summed E-state index contributed by atoms with van der Waals surface area (Å²) < 4.78 is 114. The van der Waals surface area contributed by atoms with Crippen molar-refractivity contribution in [3.8, 4) is 28.1 Å². The molecule has 1 aliphatic heterocycles. The molecule has 18 heteroatoms. The zero-order valence-corrected chi connectivity index (χ0v) is 27.5. The fourth-order valence-corrected chi connectivity index (χ4v) is 6.63. The quantitative estimate of drug-likeness (QED) is 0.156. The number of alkyl halides is 5. The van der Waals surface area contributed by atoms with Gasteiger partial charge in [-0.05, 0) is 49.6 Å². The molecule has 6 rings (SSSR count). The predicted octanol–water partition coefficient (Wildman–Crippen LogP) is 6.52. The van der Waals surface area contributed by atoms with Crippen LogP contribution in [0.1, 0.15) is 37.5 Å². The first-order valence-corrected chi connectivity index (χ1v) is 17.0. The van der Waals surface area contributed by atoms with Crippen molar-refractivity contribution < 1.29 is 39.5 Å².